The van der Waals surface area contributed by atoms with Gasteiger partial charge in [0.25, 0.3) is 5.91 Å². The lowest BCUT2D eigenvalue weighted by atomic mass is 9.96. The molecule has 0 saturated carbocycles. The molecule has 136 valence electrons. The maximum atomic E-state index is 12.4. The van der Waals surface area contributed by atoms with Crippen LogP contribution in [0.2, 0.25) is 0 Å². The fraction of sp³-hybridized carbons (Fsp3) is 0.409. The Labute approximate surface area is 155 Å². The predicted octanol–water partition coefficient (Wildman–Crippen LogP) is 3.62. The van der Waals surface area contributed by atoms with E-state index >= 15 is 0 Å². The SMILES string of the molecule is COc1ccc(CN2C3CCC2CC(NC(=O)c2ccccc2)C3)cc1. The van der Waals surface area contributed by atoms with Crippen LogP contribution in [0.4, 0.5) is 0 Å². The number of amides is 1. The number of carbonyl (C=O) groups excluding carboxylic acids is 1. The highest BCUT2D eigenvalue weighted by molar-refractivity contribution is 5.94. The lowest BCUT2D eigenvalue weighted by Gasteiger charge is -2.39. The first kappa shape index (κ1) is 17.1. The monoisotopic (exact) mass is 350 g/mol. The van der Waals surface area contributed by atoms with Crippen LogP contribution in [0.3, 0.4) is 0 Å². The Balaban J connectivity index is 1.37. The van der Waals surface area contributed by atoms with Gasteiger partial charge in [0.05, 0.1) is 7.11 Å². The lowest BCUT2D eigenvalue weighted by Crippen LogP contribution is -2.49. The van der Waals surface area contributed by atoms with Gasteiger partial charge < -0.3 is 10.1 Å². The topological polar surface area (TPSA) is 41.6 Å². The Bertz CT molecular complexity index is 730. The summed E-state index contributed by atoms with van der Waals surface area (Å²) in [6.07, 6.45) is 4.56. The molecule has 26 heavy (non-hydrogen) atoms. The van der Waals surface area contributed by atoms with E-state index in [0.29, 0.717) is 12.1 Å². The van der Waals surface area contributed by atoms with Crippen LogP contribution in [0.1, 0.15) is 41.6 Å². The zero-order valence-corrected chi connectivity index (χ0v) is 15.2. The van der Waals surface area contributed by atoms with Crippen molar-refractivity contribution in [1.82, 2.24) is 10.2 Å². The number of piperidine rings is 1. The molecule has 2 aliphatic rings. The molecule has 2 aromatic rings. The van der Waals surface area contributed by atoms with E-state index in [9.17, 15) is 4.79 Å². The summed E-state index contributed by atoms with van der Waals surface area (Å²) in [6.45, 7) is 0.985. The highest BCUT2D eigenvalue weighted by Gasteiger charge is 2.40. The molecule has 2 aliphatic heterocycles. The molecule has 1 amide bonds. The summed E-state index contributed by atoms with van der Waals surface area (Å²) in [6, 6.07) is 19.3. The van der Waals surface area contributed by atoms with E-state index in [4.69, 9.17) is 4.74 Å². The summed E-state index contributed by atoms with van der Waals surface area (Å²) in [5.41, 5.74) is 2.08. The largest absolute Gasteiger partial charge is 0.497 e. The predicted molar refractivity (Wildman–Crippen MR) is 102 cm³/mol. The molecule has 4 nitrogen and oxygen atoms in total. The Morgan fingerprint density at radius 1 is 1.04 bits per heavy atom. The highest BCUT2D eigenvalue weighted by atomic mass is 16.5. The minimum Gasteiger partial charge on any atom is -0.497 e. The zero-order valence-electron chi connectivity index (χ0n) is 15.2. The van der Waals surface area contributed by atoms with Crippen LogP contribution in [0.15, 0.2) is 54.6 Å². The quantitative estimate of drug-likeness (QED) is 0.895. The van der Waals surface area contributed by atoms with Crippen molar-refractivity contribution < 1.29 is 9.53 Å². The molecule has 2 saturated heterocycles. The van der Waals surface area contributed by atoms with E-state index in [0.717, 1.165) is 30.7 Å². The third-order valence-corrected chi connectivity index (χ3v) is 5.78. The van der Waals surface area contributed by atoms with Crippen LogP contribution in [0.5, 0.6) is 5.75 Å². The van der Waals surface area contributed by atoms with Crippen LogP contribution in [0, 0.1) is 0 Å². The number of ether oxygens (including phenoxy) is 1. The standard InChI is InChI=1S/C22H26N2O2/c1-26-21-11-7-16(8-12-21)15-24-19-9-10-20(24)14-18(13-19)23-22(25)17-5-3-2-4-6-17/h2-8,11-12,18-20H,9-10,13-15H2,1H3,(H,23,25). The molecule has 2 heterocycles. The van der Waals surface area contributed by atoms with E-state index in [2.05, 4.69) is 22.3 Å². The van der Waals surface area contributed by atoms with E-state index in [1.54, 1.807) is 7.11 Å². The minimum absolute atomic E-state index is 0.0543. The minimum atomic E-state index is 0.0543. The van der Waals surface area contributed by atoms with Crippen molar-refractivity contribution in [2.75, 3.05) is 7.11 Å². The molecule has 4 rings (SSSR count). The number of benzene rings is 2. The van der Waals surface area contributed by atoms with E-state index in [1.807, 2.05) is 42.5 Å². The van der Waals surface area contributed by atoms with Crippen LogP contribution >= 0.6 is 0 Å². The van der Waals surface area contributed by atoms with Gasteiger partial charge in [-0.2, -0.15) is 0 Å². The molecular formula is C22H26N2O2. The zero-order chi connectivity index (χ0) is 17.9. The van der Waals surface area contributed by atoms with Crippen molar-refractivity contribution in [3.8, 4) is 5.75 Å². The fourth-order valence-corrected chi connectivity index (χ4v) is 4.45. The first-order chi connectivity index (χ1) is 12.7. The van der Waals surface area contributed by atoms with Gasteiger partial charge in [0, 0.05) is 30.2 Å². The number of hydrogen-bond donors (Lipinski definition) is 1. The lowest BCUT2D eigenvalue weighted by molar-refractivity contribution is 0.0828. The average Bonchev–Trinajstić information content (AvgIpc) is 2.91. The molecule has 0 radical (unpaired) electrons. The number of nitrogens with zero attached hydrogens (tertiary/aromatic N) is 1. The average molecular weight is 350 g/mol. The van der Waals surface area contributed by atoms with Crippen molar-refractivity contribution in [3.05, 3.63) is 65.7 Å². The third-order valence-electron chi connectivity index (χ3n) is 5.78. The molecule has 1 N–H and O–H groups in total. The van der Waals surface area contributed by atoms with Crippen molar-refractivity contribution >= 4 is 5.91 Å². The van der Waals surface area contributed by atoms with Crippen LogP contribution in [0.25, 0.3) is 0 Å². The molecule has 2 bridgehead atoms. The second-order valence-electron chi connectivity index (χ2n) is 7.41. The summed E-state index contributed by atoms with van der Waals surface area (Å²) in [5, 5.41) is 3.25. The number of rotatable bonds is 5. The number of fused-ring (bicyclic) bond motifs is 2. The Kier molecular flexibility index (Phi) is 4.93. The summed E-state index contributed by atoms with van der Waals surface area (Å²) >= 11 is 0. The number of hydrogen-bond acceptors (Lipinski definition) is 3. The van der Waals surface area contributed by atoms with Crippen LogP contribution in [-0.4, -0.2) is 36.0 Å². The molecular weight excluding hydrogens is 324 g/mol. The molecule has 2 fully saturated rings. The van der Waals surface area contributed by atoms with Gasteiger partial charge in [-0.15, -0.1) is 0 Å². The molecule has 2 aromatic carbocycles. The normalized spacial score (nSPS) is 25.0. The second-order valence-corrected chi connectivity index (χ2v) is 7.41. The highest BCUT2D eigenvalue weighted by Crippen LogP contribution is 2.37. The molecule has 4 heteroatoms. The van der Waals surface area contributed by atoms with E-state index in [1.165, 1.54) is 18.4 Å². The van der Waals surface area contributed by atoms with E-state index < -0.39 is 0 Å². The molecule has 0 aliphatic carbocycles. The third kappa shape index (κ3) is 3.61. The summed E-state index contributed by atoms with van der Waals surface area (Å²) in [4.78, 5) is 15.1. The van der Waals surface area contributed by atoms with Gasteiger partial charge in [-0.1, -0.05) is 30.3 Å². The smallest absolute Gasteiger partial charge is 0.251 e. The summed E-state index contributed by atoms with van der Waals surface area (Å²) < 4.78 is 5.25. The number of methoxy groups -OCH3 is 1. The molecule has 0 spiro atoms. The molecule has 2 unspecified atom stereocenters. The van der Waals surface area contributed by atoms with Crippen molar-refractivity contribution in [2.24, 2.45) is 0 Å². The molecule has 2 atom stereocenters. The van der Waals surface area contributed by atoms with Crippen molar-refractivity contribution in [3.63, 3.8) is 0 Å². The van der Waals surface area contributed by atoms with Gasteiger partial charge in [0.2, 0.25) is 0 Å². The van der Waals surface area contributed by atoms with Gasteiger partial charge in [0.1, 0.15) is 5.75 Å². The van der Waals surface area contributed by atoms with Crippen LogP contribution in [-0.2, 0) is 6.54 Å². The Morgan fingerprint density at radius 3 is 2.31 bits per heavy atom. The van der Waals surface area contributed by atoms with Crippen molar-refractivity contribution in [2.45, 2.75) is 50.4 Å². The summed E-state index contributed by atoms with van der Waals surface area (Å²) in [5.74, 6) is 0.956. The maximum absolute atomic E-state index is 12.4. The van der Waals surface area contributed by atoms with Crippen LogP contribution < -0.4 is 10.1 Å². The van der Waals surface area contributed by atoms with Gasteiger partial charge >= 0.3 is 0 Å². The second kappa shape index (κ2) is 7.50. The number of nitrogens with one attached hydrogen (secondary N) is 1. The van der Waals surface area contributed by atoms with Gasteiger partial charge in [-0.05, 0) is 55.5 Å². The van der Waals surface area contributed by atoms with Gasteiger partial charge in [-0.25, -0.2) is 0 Å². The summed E-state index contributed by atoms with van der Waals surface area (Å²) in [7, 11) is 1.70. The Hall–Kier alpha value is -2.33. The first-order valence-electron chi connectivity index (χ1n) is 9.47. The van der Waals surface area contributed by atoms with Crippen molar-refractivity contribution in [1.29, 1.82) is 0 Å². The van der Waals surface area contributed by atoms with E-state index in [-0.39, 0.29) is 11.9 Å². The maximum Gasteiger partial charge on any atom is 0.251 e. The fourth-order valence-electron chi connectivity index (χ4n) is 4.45. The molecule has 0 aromatic heterocycles. The van der Waals surface area contributed by atoms with Gasteiger partial charge in [0.15, 0.2) is 0 Å². The number of carbonyl (C=O) groups is 1. The van der Waals surface area contributed by atoms with Gasteiger partial charge in [-0.3, -0.25) is 9.69 Å². The first-order valence-corrected chi connectivity index (χ1v) is 9.47. The Morgan fingerprint density at radius 2 is 1.69 bits per heavy atom.